The molecule has 0 bridgehead atoms. The average Bonchev–Trinajstić information content (AvgIpc) is 2.94. The fraction of sp³-hybridized carbons (Fsp3) is 0.857. The van der Waals surface area contributed by atoms with Crippen LogP contribution in [0.1, 0.15) is 20.3 Å². The van der Waals surface area contributed by atoms with Crippen LogP contribution < -0.4 is 5.32 Å². The number of amides is 2. The van der Waals surface area contributed by atoms with Crippen molar-refractivity contribution in [2.24, 2.45) is 5.92 Å². The maximum atomic E-state index is 12.2. The quantitative estimate of drug-likeness (QED) is 0.775. The molecule has 0 spiro atoms. The van der Waals surface area contributed by atoms with E-state index in [1.165, 1.54) is 0 Å². The summed E-state index contributed by atoms with van der Waals surface area (Å²) in [5, 5.41) is 11.8. The van der Waals surface area contributed by atoms with Gasteiger partial charge in [-0.25, -0.2) is 9.59 Å². The second-order valence-electron chi connectivity index (χ2n) is 6.05. The van der Waals surface area contributed by atoms with Crippen LogP contribution in [0.3, 0.4) is 0 Å². The molecule has 7 heteroatoms. The Bertz CT molecular complexity index is 382. The molecule has 0 radical (unpaired) electrons. The molecule has 0 aliphatic carbocycles. The fourth-order valence-corrected chi connectivity index (χ4v) is 2.90. The molecular weight excluding hydrogens is 274 g/mol. The molecule has 0 aromatic heterocycles. The van der Waals surface area contributed by atoms with Crippen LogP contribution in [0.4, 0.5) is 4.79 Å². The minimum Gasteiger partial charge on any atom is -0.480 e. The minimum atomic E-state index is -0.984. The Labute approximate surface area is 125 Å². The van der Waals surface area contributed by atoms with Gasteiger partial charge in [-0.3, -0.25) is 4.90 Å². The molecule has 0 aromatic carbocycles. The number of carbonyl (C=O) groups is 2. The van der Waals surface area contributed by atoms with Crippen molar-refractivity contribution in [2.45, 2.75) is 32.4 Å². The van der Waals surface area contributed by atoms with Crippen molar-refractivity contribution in [1.29, 1.82) is 0 Å². The predicted molar refractivity (Wildman–Crippen MR) is 77.2 cm³/mol. The number of hydrogen-bond acceptors (Lipinski definition) is 4. The molecule has 2 heterocycles. The first-order valence-corrected chi connectivity index (χ1v) is 7.59. The summed E-state index contributed by atoms with van der Waals surface area (Å²) in [5.74, 6) is -1.12. The second-order valence-corrected chi connectivity index (χ2v) is 6.05. The van der Waals surface area contributed by atoms with Crippen LogP contribution in [0.5, 0.6) is 0 Å². The van der Waals surface area contributed by atoms with Gasteiger partial charge >= 0.3 is 12.0 Å². The number of carboxylic acid groups (broad SMARTS) is 1. The third-order valence-electron chi connectivity index (χ3n) is 4.22. The Hall–Kier alpha value is -1.34. The van der Waals surface area contributed by atoms with Crippen molar-refractivity contribution >= 4 is 12.0 Å². The second kappa shape index (κ2) is 7.09. The number of morpholine rings is 1. The number of nitrogens with zero attached hydrogens (tertiary/aromatic N) is 2. The maximum Gasteiger partial charge on any atom is 0.326 e. The van der Waals surface area contributed by atoms with Crippen molar-refractivity contribution in [3.05, 3.63) is 0 Å². The molecule has 2 atom stereocenters. The van der Waals surface area contributed by atoms with E-state index in [9.17, 15) is 9.59 Å². The molecule has 2 N–H and O–H groups in total. The van der Waals surface area contributed by atoms with E-state index in [-0.39, 0.29) is 11.9 Å². The lowest BCUT2D eigenvalue weighted by Crippen LogP contribution is -2.51. The molecule has 2 saturated heterocycles. The zero-order valence-electron chi connectivity index (χ0n) is 12.7. The van der Waals surface area contributed by atoms with Crippen LogP contribution >= 0.6 is 0 Å². The SMILES string of the molecule is CC(C)[C@@H](NC(=O)N1CCC(N2CCOCC2)C1)C(=O)O. The molecule has 2 aliphatic heterocycles. The van der Waals surface area contributed by atoms with E-state index in [0.29, 0.717) is 19.1 Å². The third kappa shape index (κ3) is 4.07. The summed E-state index contributed by atoms with van der Waals surface area (Å²) < 4.78 is 5.34. The van der Waals surface area contributed by atoms with Crippen molar-refractivity contribution in [3.63, 3.8) is 0 Å². The number of urea groups is 1. The lowest BCUT2D eigenvalue weighted by Gasteiger charge is -2.32. The van der Waals surface area contributed by atoms with Crippen molar-refractivity contribution in [2.75, 3.05) is 39.4 Å². The Morgan fingerprint density at radius 2 is 1.90 bits per heavy atom. The molecule has 2 rings (SSSR count). The van der Waals surface area contributed by atoms with Gasteiger partial charge in [0, 0.05) is 32.2 Å². The Morgan fingerprint density at radius 1 is 1.24 bits per heavy atom. The van der Waals surface area contributed by atoms with Crippen LogP contribution in [0.2, 0.25) is 0 Å². The predicted octanol–water partition coefficient (Wildman–Crippen LogP) is 0.212. The summed E-state index contributed by atoms with van der Waals surface area (Å²) in [6.45, 7) is 8.23. The maximum absolute atomic E-state index is 12.2. The van der Waals surface area contributed by atoms with Gasteiger partial charge in [0.05, 0.1) is 13.2 Å². The molecule has 2 amide bonds. The van der Waals surface area contributed by atoms with E-state index in [1.54, 1.807) is 18.7 Å². The van der Waals surface area contributed by atoms with E-state index >= 15 is 0 Å². The van der Waals surface area contributed by atoms with Crippen LogP contribution in [0, 0.1) is 5.92 Å². The topological polar surface area (TPSA) is 82.1 Å². The van der Waals surface area contributed by atoms with E-state index in [0.717, 1.165) is 32.7 Å². The number of rotatable bonds is 4. The third-order valence-corrected chi connectivity index (χ3v) is 4.22. The van der Waals surface area contributed by atoms with Gasteiger partial charge in [0.2, 0.25) is 0 Å². The lowest BCUT2D eigenvalue weighted by atomic mass is 10.1. The summed E-state index contributed by atoms with van der Waals surface area (Å²) in [7, 11) is 0. The Kier molecular flexibility index (Phi) is 5.41. The summed E-state index contributed by atoms with van der Waals surface area (Å²) in [6.07, 6.45) is 0.937. The molecule has 0 saturated carbocycles. The standard InChI is InChI=1S/C14H25N3O4/c1-10(2)12(13(18)19)15-14(20)17-4-3-11(9-17)16-5-7-21-8-6-16/h10-12H,3-9H2,1-2H3,(H,15,20)(H,18,19)/t11?,12-/m1/s1. The number of carboxylic acids is 1. The summed E-state index contributed by atoms with van der Waals surface area (Å²) in [5.41, 5.74) is 0. The van der Waals surface area contributed by atoms with Crippen molar-refractivity contribution in [1.82, 2.24) is 15.1 Å². The zero-order valence-corrected chi connectivity index (χ0v) is 12.7. The van der Waals surface area contributed by atoms with Gasteiger partial charge in [0.25, 0.3) is 0 Å². The minimum absolute atomic E-state index is 0.135. The van der Waals surface area contributed by atoms with E-state index in [2.05, 4.69) is 10.2 Å². The first kappa shape index (κ1) is 16.0. The van der Waals surface area contributed by atoms with Crippen LogP contribution in [0.15, 0.2) is 0 Å². The monoisotopic (exact) mass is 299 g/mol. The molecule has 2 aliphatic rings. The number of carbonyl (C=O) groups excluding carboxylic acids is 1. The largest absolute Gasteiger partial charge is 0.480 e. The van der Waals surface area contributed by atoms with Crippen molar-refractivity contribution in [3.8, 4) is 0 Å². The zero-order chi connectivity index (χ0) is 15.4. The van der Waals surface area contributed by atoms with Gasteiger partial charge in [0.1, 0.15) is 6.04 Å². The molecule has 1 unspecified atom stereocenters. The summed E-state index contributed by atoms with van der Waals surface area (Å²) in [6, 6.07) is -0.742. The molecule has 2 fully saturated rings. The first-order valence-electron chi connectivity index (χ1n) is 7.59. The molecule has 7 nitrogen and oxygen atoms in total. The fourth-order valence-electron chi connectivity index (χ4n) is 2.90. The van der Waals surface area contributed by atoms with Gasteiger partial charge in [-0.15, -0.1) is 0 Å². The highest BCUT2D eigenvalue weighted by Gasteiger charge is 2.33. The van der Waals surface area contributed by atoms with Gasteiger partial charge in [-0.2, -0.15) is 0 Å². The van der Waals surface area contributed by atoms with E-state index < -0.39 is 12.0 Å². The Morgan fingerprint density at radius 3 is 2.48 bits per heavy atom. The van der Waals surface area contributed by atoms with E-state index in [1.807, 2.05) is 0 Å². The van der Waals surface area contributed by atoms with Crippen LogP contribution in [0.25, 0.3) is 0 Å². The highest BCUT2D eigenvalue weighted by molar-refractivity contribution is 5.82. The van der Waals surface area contributed by atoms with Gasteiger partial charge in [0.15, 0.2) is 0 Å². The first-order chi connectivity index (χ1) is 9.99. The molecule has 0 aromatic rings. The average molecular weight is 299 g/mol. The number of nitrogens with one attached hydrogen (secondary N) is 1. The normalized spacial score (nSPS) is 25.1. The number of hydrogen-bond donors (Lipinski definition) is 2. The summed E-state index contributed by atoms with van der Waals surface area (Å²) >= 11 is 0. The number of aliphatic carboxylic acids is 1. The number of ether oxygens (including phenoxy) is 1. The molecule has 120 valence electrons. The van der Waals surface area contributed by atoms with Gasteiger partial charge < -0.3 is 20.1 Å². The lowest BCUT2D eigenvalue weighted by molar-refractivity contribution is -0.140. The Balaban J connectivity index is 1.85. The summed E-state index contributed by atoms with van der Waals surface area (Å²) in [4.78, 5) is 27.4. The van der Waals surface area contributed by atoms with Crippen LogP contribution in [-0.4, -0.2) is 78.4 Å². The van der Waals surface area contributed by atoms with Crippen molar-refractivity contribution < 1.29 is 19.4 Å². The van der Waals surface area contributed by atoms with Gasteiger partial charge in [-0.1, -0.05) is 13.8 Å². The highest BCUT2D eigenvalue weighted by atomic mass is 16.5. The van der Waals surface area contributed by atoms with E-state index in [4.69, 9.17) is 9.84 Å². The van der Waals surface area contributed by atoms with Crippen LogP contribution in [-0.2, 0) is 9.53 Å². The van der Waals surface area contributed by atoms with Gasteiger partial charge in [-0.05, 0) is 12.3 Å². The number of likely N-dealkylation sites (tertiary alicyclic amines) is 1. The highest BCUT2D eigenvalue weighted by Crippen LogP contribution is 2.17. The smallest absolute Gasteiger partial charge is 0.326 e. The molecule has 21 heavy (non-hydrogen) atoms. The molecular formula is C14H25N3O4.